The quantitative estimate of drug-likeness (QED) is 0.554. The zero-order valence-electron chi connectivity index (χ0n) is 13.4. The van der Waals surface area contributed by atoms with Crippen LogP contribution in [0.3, 0.4) is 0 Å². The van der Waals surface area contributed by atoms with Crippen molar-refractivity contribution in [2.24, 2.45) is 5.14 Å². The van der Waals surface area contributed by atoms with Gasteiger partial charge in [0.2, 0.25) is 16.0 Å². The first-order chi connectivity index (χ1) is 12.0. The van der Waals surface area contributed by atoms with Crippen molar-refractivity contribution >= 4 is 38.5 Å². The molecule has 0 radical (unpaired) electrons. The molecule has 1 saturated carbocycles. The summed E-state index contributed by atoms with van der Waals surface area (Å²) in [6, 6.07) is 8.48. The Balaban J connectivity index is 1.62. The van der Waals surface area contributed by atoms with Gasteiger partial charge in [0.25, 0.3) is 0 Å². The molecule has 1 fully saturated rings. The fourth-order valence-corrected chi connectivity index (χ4v) is 3.22. The third-order valence-corrected chi connectivity index (χ3v) is 5.22. The van der Waals surface area contributed by atoms with Crippen LogP contribution in [0, 0.1) is 0 Å². The summed E-state index contributed by atoms with van der Waals surface area (Å²) < 4.78 is 22.6. The highest BCUT2D eigenvalue weighted by atomic mass is 32.2. The molecule has 0 spiro atoms. The van der Waals surface area contributed by atoms with E-state index in [4.69, 9.17) is 5.14 Å². The fourth-order valence-electron chi connectivity index (χ4n) is 2.71. The highest BCUT2D eigenvalue weighted by Gasteiger charge is 2.19. The molecule has 0 atom stereocenters. The molecular weight excluding hydrogens is 340 g/mol. The Morgan fingerprint density at radius 2 is 1.88 bits per heavy atom. The Morgan fingerprint density at radius 1 is 1.12 bits per heavy atom. The molecule has 2 heterocycles. The van der Waals surface area contributed by atoms with Crippen LogP contribution in [0.5, 0.6) is 0 Å². The number of nitrogens with one attached hydrogen (secondary N) is 3. The van der Waals surface area contributed by atoms with E-state index in [1.54, 1.807) is 12.1 Å². The average molecular weight is 358 g/mol. The van der Waals surface area contributed by atoms with Gasteiger partial charge >= 0.3 is 0 Å². The number of benzene rings is 1. The average Bonchev–Trinajstić information content (AvgIpc) is 2.99. The standard InChI is InChI=1S/C16H18N6O2S/c17-25(23,24)12-6-4-11(5-7-12)20-16-21-13-8-9-18-14(13)15(22-16)19-10-2-1-3-10/h4-10,18H,1-3H2,(H2,17,23,24)(H2,19,20,21,22). The van der Waals surface area contributed by atoms with Crippen LogP contribution >= 0.6 is 0 Å². The zero-order chi connectivity index (χ0) is 17.4. The number of rotatable bonds is 5. The number of sulfonamides is 1. The zero-order valence-corrected chi connectivity index (χ0v) is 14.2. The van der Waals surface area contributed by atoms with Crippen LogP contribution < -0.4 is 15.8 Å². The van der Waals surface area contributed by atoms with Crippen molar-refractivity contribution in [1.29, 1.82) is 0 Å². The lowest BCUT2D eigenvalue weighted by Gasteiger charge is -2.27. The van der Waals surface area contributed by atoms with E-state index in [-0.39, 0.29) is 4.90 Å². The summed E-state index contributed by atoms with van der Waals surface area (Å²) in [6.07, 6.45) is 5.35. The number of aromatic nitrogens is 3. The second-order valence-electron chi connectivity index (χ2n) is 6.10. The molecule has 0 amide bonds. The van der Waals surface area contributed by atoms with Crippen LogP contribution in [0.1, 0.15) is 19.3 Å². The summed E-state index contributed by atoms with van der Waals surface area (Å²) in [7, 11) is -3.70. The highest BCUT2D eigenvalue weighted by Crippen LogP contribution is 2.27. The number of hydrogen-bond acceptors (Lipinski definition) is 6. The van der Waals surface area contributed by atoms with Crippen LogP contribution in [0.15, 0.2) is 41.4 Å². The van der Waals surface area contributed by atoms with Crippen molar-refractivity contribution in [3.63, 3.8) is 0 Å². The van der Waals surface area contributed by atoms with Gasteiger partial charge in [0, 0.05) is 17.9 Å². The summed E-state index contributed by atoms with van der Waals surface area (Å²) in [4.78, 5) is 12.3. The molecule has 8 nitrogen and oxygen atoms in total. The number of H-pyrrole nitrogens is 1. The third-order valence-electron chi connectivity index (χ3n) is 4.29. The lowest BCUT2D eigenvalue weighted by Crippen LogP contribution is -2.27. The molecule has 25 heavy (non-hydrogen) atoms. The van der Waals surface area contributed by atoms with E-state index in [0.29, 0.717) is 17.7 Å². The minimum absolute atomic E-state index is 0.0624. The third kappa shape index (κ3) is 3.28. The van der Waals surface area contributed by atoms with E-state index in [0.717, 1.165) is 29.7 Å². The van der Waals surface area contributed by atoms with Crippen molar-refractivity contribution in [1.82, 2.24) is 15.0 Å². The van der Waals surface area contributed by atoms with E-state index >= 15 is 0 Å². The monoisotopic (exact) mass is 358 g/mol. The number of fused-ring (bicyclic) bond motifs is 1. The molecular formula is C16H18N6O2S. The summed E-state index contributed by atoms with van der Waals surface area (Å²) in [5, 5.41) is 11.7. The summed E-state index contributed by atoms with van der Waals surface area (Å²) in [6.45, 7) is 0. The van der Waals surface area contributed by atoms with E-state index in [1.807, 2.05) is 12.3 Å². The van der Waals surface area contributed by atoms with Crippen LogP contribution in [0.25, 0.3) is 11.0 Å². The van der Waals surface area contributed by atoms with Crippen LogP contribution in [-0.4, -0.2) is 29.4 Å². The van der Waals surface area contributed by atoms with E-state index in [2.05, 4.69) is 25.6 Å². The van der Waals surface area contributed by atoms with Crippen molar-refractivity contribution in [3.8, 4) is 0 Å². The van der Waals surface area contributed by atoms with E-state index in [1.165, 1.54) is 18.6 Å². The first-order valence-corrected chi connectivity index (χ1v) is 9.55. The van der Waals surface area contributed by atoms with Gasteiger partial charge in [-0.2, -0.15) is 4.98 Å². The lowest BCUT2D eigenvalue weighted by atomic mass is 9.93. The second kappa shape index (κ2) is 6.01. The molecule has 1 aliphatic rings. The molecule has 4 rings (SSSR count). The predicted octanol–water partition coefficient (Wildman–Crippen LogP) is 2.31. The minimum Gasteiger partial charge on any atom is -0.365 e. The number of nitrogens with zero attached hydrogens (tertiary/aromatic N) is 2. The summed E-state index contributed by atoms with van der Waals surface area (Å²) >= 11 is 0. The maximum Gasteiger partial charge on any atom is 0.238 e. The summed E-state index contributed by atoms with van der Waals surface area (Å²) in [5.74, 6) is 1.21. The number of primary sulfonamides is 1. The molecule has 0 unspecified atom stereocenters. The molecule has 9 heteroatoms. The van der Waals surface area contributed by atoms with Gasteiger partial charge in [-0.3, -0.25) is 0 Å². The SMILES string of the molecule is NS(=O)(=O)c1ccc(Nc2nc(NC3CCC3)c3[nH]ccc3n2)cc1. The summed E-state index contributed by atoms with van der Waals surface area (Å²) in [5.41, 5.74) is 2.36. The smallest absolute Gasteiger partial charge is 0.238 e. The molecule has 5 N–H and O–H groups in total. The Morgan fingerprint density at radius 3 is 2.52 bits per heavy atom. The Labute approximate surface area is 144 Å². The molecule has 3 aromatic rings. The van der Waals surface area contributed by atoms with Gasteiger partial charge in [-0.15, -0.1) is 0 Å². The van der Waals surface area contributed by atoms with Gasteiger partial charge in [-0.25, -0.2) is 18.5 Å². The van der Waals surface area contributed by atoms with Gasteiger partial charge in [0.1, 0.15) is 5.52 Å². The molecule has 0 aliphatic heterocycles. The highest BCUT2D eigenvalue weighted by molar-refractivity contribution is 7.89. The van der Waals surface area contributed by atoms with Gasteiger partial charge in [0.15, 0.2) is 5.82 Å². The lowest BCUT2D eigenvalue weighted by molar-refractivity contribution is 0.445. The number of aromatic amines is 1. The first-order valence-electron chi connectivity index (χ1n) is 8.00. The van der Waals surface area contributed by atoms with Crippen molar-refractivity contribution < 1.29 is 8.42 Å². The normalized spacial score (nSPS) is 15.1. The Bertz CT molecular complexity index is 1010. The molecule has 1 aliphatic carbocycles. The van der Waals surface area contributed by atoms with Gasteiger partial charge in [-0.1, -0.05) is 0 Å². The van der Waals surface area contributed by atoms with Gasteiger partial charge in [0.05, 0.1) is 10.4 Å². The van der Waals surface area contributed by atoms with Crippen molar-refractivity contribution in [2.45, 2.75) is 30.2 Å². The van der Waals surface area contributed by atoms with Crippen molar-refractivity contribution in [3.05, 3.63) is 36.5 Å². The largest absolute Gasteiger partial charge is 0.365 e. The Hall–Kier alpha value is -2.65. The number of anilines is 3. The first kappa shape index (κ1) is 15.9. The van der Waals surface area contributed by atoms with Crippen LogP contribution in [0.4, 0.5) is 17.5 Å². The fraction of sp³-hybridized carbons (Fsp3) is 0.250. The number of hydrogen-bond donors (Lipinski definition) is 4. The molecule has 1 aromatic carbocycles. The van der Waals surface area contributed by atoms with Crippen LogP contribution in [-0.2, 0) is 10.0 Å². The van der Waals surface area contributed by atoms with Gasteiger partial charge in [-0.05, 0) is 49.6 Å². The van der Waals surface area contributed by atoms with E-state index in [9.17, 15) is 8.42 Å². The van der Waals surface area contributed by atoms with E-state index < -0.39 is 10.0 Å². The molecule has 2 aromatic heterocycles. The topological polar surface area (TPSA) is 126 Å². The molecule has 130 valence electrons. The molecule has 0 bridgehead atoms. The van der Waals surface area contributed by atoms with Crippen LogP contribution in [0.2, 0.25) is 0 Å². The maximum atomic E-state index is 11.3. The van der Waals surface area contributed by atoms with Gasteiger partial charge < -0.3 is 15.6 Å². The molecule has 0 saturated heterocycles. The van der Waals surface area contributed by atoms with Crippen molar-refractivity contribution in [2.75, 3.05) is 10.6 Å². The Kier molecular flexibility index (Phi) is 3.81. The number of nitrogens with two attached hydrogens (primary N) is 1. The minimum atomic E-state index is -3.70. The maximum absolute atomic E-state index is 11.3. The second-order valence-corrected chi connectivity index (χ2v) is 7.66. The predicted molar refractivity (Wildman–Crippen MR) is 96.2 cm³/mol.